The maximum absolute atomic E-state index is 11.8. The number of nitrogens with one attached hydrogen (secondary N) is 2. The van der Waals surface area contributed by atoms with Crippen LogP contribution in [0, 0.1) is 0 Å². The van der Waals surface area contributed by atoms with Crippen molar-refractivity contribution in [1.82, 2.24) is 0 Å². The fraction of sp³-hybridized carbons (Fsp3) is 0.0667. The number of halogens is 1. The number of ketones is 1. The minimum absolute atomic E-state index is 0.00450. The highest BCUT2D eigenvalue weighted by molar-refractivity contribution is 9.10. The molecule has 2 amide bonds. The van der Waals surface area contributed by atoms with Gasteiger partial charge in [0.05, 0.1) is 0 Å². The summed E-state index contributed by atoms with van der Waals surface area (Å²) < 4.78 is 0.890. The lowest BCUT2D eigenvalue weighted by Gasteiger charge is -2.08. The van der Waals surface area contributed by atoms with Crippen LogP contribution >= 0.6 is 15.9 Å². The summed E-state index contributed by atoms with van der Waals surface area (Å²) in [6, 6.07) is 13.7. The molecule has 2 aromatic carbocycles. The van der Waals surface area contributed by atoms with Crippen molar-refractivity contribution >= 4 is 39.1 Å². The Kier molecular flexibility index (Phi) is 4.53. The zero-order valence-corrected chi connectivity index (χ0v) is 12.4. The normalized spacial score (nSPS) is 9.90. The summed E-state index contributed by atoms with van der Waals surface area (Å²) in [4.78, 5) is 23.0. The van der Waals surface area contributed by atoms with E-state index in [1.165, 1.54) is 6.92 Å². The molecule has 0 saturated heterocycles. The van der Waals surface area contributed by atoms with Crippen molar-refractivity contribution in [1.29, 1.82) is 0 Å². The average Bonchev–Trinajstić information content (AvgIpc) is 2.39. The molecule has 0 spiro atoms. The van der Waals surface area contributed by atoms with Crippen LogP contribution in [0.4, 0.5) is 16.2 Å². The highest BCUT2D eigenvalue weighted by Gasteiger charge is 2.04. The molecule has 2 N–H and O–H groups in total. The molecule has 20 heavy (non-hydrogen) atoms. The van der Waals surface area contributed by atoms with E-state index in [0.717, 1.165) is 4.47 Å². The number of hydrogen-bond donors (Lipinski definition) is 2. The van der Waals surface area contributed by atoms with E-state index < -0.39 is 0 Å². The third-order valence-electron chi connectivity index (χ3n) is 2.63. The lowest BCUT2D eigenvalue weighted by Crippen LogP contribution is -2.19. The van der Waals surface area contributed by atoms with Gasteiger partial charge in [-0.25, -0.2) is 4.79 Å². The van der Waals surface area contributed by atoms with Crippen LogP contribution in [0.1, 0.15) is 17.3 Å². The highest BCUT2D eigenvalue weighted by atomic mass is 79.9. The topological polar surface area (TPSA) is 58.2 Å². The second-order valence-corrected chi connectivity index (χ2v) is 5.14. The number of urea groups is 1. The molecule has 0 heterocycles. The lowest BCUT2D eigenvalue weighted by atomic mass is 10.1. The van der Waals surface area contributed by atoms with Crippen molar-refractivity contribution in [2.24, 2.45) is 0 Å². The predicted octanol–water partition coefficient (Wildman–Crippen LogP) is 4.30. The molecule has 0 fully saturated rings. The Bertz CT molecular complexity index is 639. The second-order valence-electron chi connectivity index (χ2n) is 4.22. The van der Waals surface area contributed by atoms with Gasteiger partial charge >= 0.3 is 6.03 Å². The zero-order chi connectivity index (χ0) is 14.5. The maximum Gasteiger partial charge on any atom is 0.323 e. The van der Waals surface area contributed by atoms with Crippen LogP contribution < -0.4 is 10.6 Å². The van der Waals surface area contributed by atoms with E-state index in [4.69, 9.17) is 0 Å². The van der Waals surface area contributed by atoms with Gasteiger partial charge in [-0.1, -0.05) is 22.0 Å². The zero-order valence-electron chi connectivity index (χ0n) is 10.8. The van der Waals surface area contributed by atoms with E-state index in [-0.39, 0.29) is 11.8 Å². The Morgan fingerprint density at radius 1 is 0.950 bits per heavy atom. The molecule has 0 radical (unpaired) electrons. The second kappa shape index (κ2) is 6.34. The molecule has 0 aliphatic heterocycles. The largest absolute Gasteiger partial charge is 0.323 e. The van der Waals surface area contributed by atoms with Gasteiger partial charge in [-0.3, -0.25) is 4.79 Å². The number of Topliss-reactive ketones (excluding diaryl/α,β-unsaturated/α-hetero) is 1. The van der Waals surface area contributed by atoms with Crippen molar-refractivity contribution < 1.29 is 9.59 Å². The van der Waals surface area contributed by atoms with E-state index >= 15 is 0 Å². The summed E-state index contributed by atoms with van der Waals surface area (Å²) >= 11 is 3.34. The molecule has 102 valence electrons. The molecule has 0 aliphatic rings. The number of amides is 2. The third-order valence-corrected chi connectivity index (χ3v) is 3.13. The van der Waals surface area contributed by atoms with Gasteiger partial charge in [-0.15, -0.1) is 0 Å². The van der Waals surface area contributed by atoms with Gasteiger partial charge in [0, 0.05) is 21.4 Å². The van der Waals surface area contributed by atoms with E-state index in [0.29, 0.717) is 16.9 Å². The number of carbonyl (C=O) groups excluding carboxylic acids is 2. The molecular weight excluding hydrogens is 320 g/mol. The van der Waals surface area contributed by atoms with Crippen molar-refractivity contribution in [3.05, 3.63) is 58.6 Å². The number of carbonyl (C=O) groups is 2. The molecule has 2 rings (SSSR count). The Balaban J connectivity index is 1.99. The number of rotatable bonds is 3. The maximum atomic E-state index is 11.8. The van der Waals surface area contributed by atoms with E-state index in [1.54, 1.807) is 36.4 Å². The number of hydrogen-bond acceptors (Lipinski definition) is 2. The Morgan fingerprint density at radius 2 is 1.60 bits per heavy atom. The van der Waals surface area contributed by atoms with E-state index in [9.17, 15) is 9.59 Å². The van der Waals surface area contributed by atoms with Gasteiger partial charge in [0.25, 0.3) is 0 Å². The van der Waals surface area contributed by atoms with Crippen molar-refractivity contribution in [3.8, 4) is 0 Å². The molecular formula is C15H13BrN2O2. The predicted molar refractivity (Wildman–Crippen MR) is 83.2 cm³/mol. The highest BCUT2D eigenvalue weighted by Crippen LogP contribution is 2.16. The smallest absolute Gasteiger partial charge is 0.308 e. The third kappa shape index (κ3) is 3.93. The summed E-state index contributed by atoms with van der Waals surface area (Å²) in [7, 11) is 0. The van der Waals surface area contributed by atoms with Crippen LogP contribution in [0.15, 0.2) is 53.0 Å². The molecule has 0 bridgehead atoms. The fourth-order valence-electron chi connectivity index (χ4n) is 1.65. The first-order chi connectivity index (χ1) is 9.54. The summed E-state index contributed by atoms with van der Waals surface area (Å²) in [5.41, 5.74) is 1.93. The van der Waals surface area contributed by atoms with Crippen molar-refractivity contribution in [2.75, 3.05) is 10.6 Å². The molecule has 2 aromatic rings. The molecule has 0 saturated carbocycles. The summed E-state index contributed by atoms with van der Waals surface area (Å²) in [6.45, 7) is 1.50. The van der Waals surface area contributed by atoms with Gasteiger partial charge in [0.2, 0.25) is 0 Å². The van der Waals surface area contributed by atoms with Crippen LogP contribution in [0.5, 0.6) is 0 Å². The van der Waals surface area contributed by atoms with Crippen molar-refractivity contribution in [2.45, 2.75) is 6.92 Å². The van der Waals surface area contributed by atoms with Gasteiger partial charge in [-0.05, 0) is 49.4 Å². The molecule has 0 atom stereocenters. The number of benzene rings is 2. The van der Waals surface area contributed by atoms with E-state index in [2.05, 4.69) is 26.6 Å². The average molecular weight is 333 g/mol. The monoisotopic (exact) mass is 332 g/mol. The van der Waals surface area contributed by atoms with Crippen LogP contribution in [0.2, 0.25) is 0 Å². The van der Waals surface area contributed by atoms with Gasteiger partial charge < -0.3 is 10.6 Å². The molecule has 0 aliphatic carbocycles. The Morgan fingerprint density at radius 3 is 2.20 bits per heavy atom. The first-order valence-corrected chi connectivity index (χ1v) is 6.78. The quantitative estimate of drug-likeness (QED) is 0.823. The van der Waals surface area contributed by atoms with Crippen LogP contribution in [0.25, 0.3) is 0 Å². The Labute approximate surface area is 125 Å². The van der Waals surface area contributed by atoms with Crippen molar-refractivity contribution in [3.63, 3.8) is 0 Å². The van der Waals surface area contributed by atoms with E-state index in [1.807, 2.05) is 12.1 Å². The molecule has 5 heteroatoms. The molecule has 0 aromatic heterocycles. The van der Waals surface area contributed by atoms with Crippen LogP contribution in [-0.4, -0.2) is 11.8 Å². The van der Waals surface area contributed by atoms with Crippen LogP contribution in [-0.2, 0) is 0 Å². The molecule has 4 nitrogen and oxygen atoms in total. The van der Waals surface area contributed by atoms with Crippen LogP contribution in [0.3, 0.4) is 0 Å². The Hall–Kier alpha value is -2.14. The van der Waals surface area contributed by atoms with Gasteiger partial charge in [0.15, 0.2) is 5.78 Å². The van der Waals surface area contributed by atoms with Gasteiger partial charge in [0.1, 0.15) is 0 Å². The standard InChI is InChI=1S/C15H13BrN2O2/c1-10(19)11-5-7-13(8-6-11)17-15(20)18-14-4-2-3-12(16)9-14/h2-9H,1H3,(H2,17,18,20). The molecule has 0 unspecified atom stereocenters. The first kappa shape index (κ1) is 14.3. The summed E-state index contributed by atoms with van der Waals surface area (Å²) in [5, 5.41) is 5.42. The SMILES string of the molecule is CC(=O)c1ccc(NC(=O)Nc2cccc(Br)c2)cc1. The fourth-order valence-corrected chi connectivity index (χ4v) is 2.05. The lowest BCUT2D eigenvalue weighted by molar-refractivity contribution is 0.101. The first-order valence-electron chi connectivity index (χ1n) is 5.99. The minimum atomic E-state index is -0.335. The summed E-state index contributed by atoms with van der Waals surface area (Å²) in [6.07, 6.45) is 0. The minimum Gasteiger partial charge on any atom is -0.308 e. The summed E-state index contributed by atoms with van der Waals surface area (Å²) in [5.74, 6) is -0.00450. The van der Waals surface area contributed by atoms with Gasteiger partial charge in [-0.2, -0.15) is 0 Å². The number of anilines is 2.